The van der Waals surface area contributed by atoms with Crippen LogP contribution >= 0.6 is 11.8 Å². The molecule has 3 rings (SSSR count). The molecule has 6 heteroatoms. The molecule has 2 heterocycles. The first-order chi connectivity index (χ1) is 14.4. The van der Waals surface area contributed by atoms with Crippen LogP contribution in [0.25, 0.3) is 0 Å². The van der Waals surface area contributed by atoms with Gasteiger partial charge in [-0.3, -0.25) is 9.69 Å². The quantitative estimate of drug-likeness (QED) is 0.563. The van der Waals surface area contributed by atoms with E-state index in [2.05, 4.69) is 42.3 Å². The number of ether oxygens (including phenoxy) is 1. The van der Waals surface area contributed by atoms with E-state index in [0.717, 1.165) is 45.3 Å². The predicted octanol–water partition coefficient (Wildman–Crippen LogP) is 5.01. The highest BCUT2D eigenvalue weighted by Crippen LogP contribution is 2.40. The van der Waals surface area contributed by atoms with E-state index < -0.39 is 0 Å². The fraction of sp³-hybridized carbons (Fsp3) is 0.625. The number of fused-ring (bicyclic) bond motifs is 1. The number of hydrogen-bond donors (Lipinski definition) is 2. The summed E-state index contributed by atoms with van der Waals surface area (Å²) in [7, 11) is 0. The van der Waals surface area contributed by atoms with Crippen molar-refractivity contribution >= 4 is 23.4 Å². The zero-order valence-corrected chi connectivity index (χ0v) is 19.6. The summed E-state index contributed by atoms with van der Waals surface area (Å²) in [6.45, 7) is 11.6. The van der Waals surface area contributed by atoms with E-state index in [4.69, 9.17) is 4.74 Å². The second-order valence-corrected chi connectivity index (χ2v) is 10.1. The Kier molecular flexibility index (Phi) is 7.88. The zero-order chi connectivity index (χ0) is 21.7. The number of nitrogens with one attached hydrogen (secondary N) is 1. The molecule has 5 nitrogen and oxygen atoms in total. The van der Waals surface area contributed by atoms with Gasteiger partial charge >= 0.3 is 5.97 Å². The zero-order valence-electron chi connectivity index (χ0n) is 18.8. The summed E-state index contributed by atoms with van der Waals surface area (Å²) in [5, 5.41) is 13.6. The van der Waals surface area contributed by atoms with Crippen molar-refractivity contribution in [3.05, 3.63) is 34.4 Å². The van der Waals surface area contributed by atoms with Crippen molar-refractivity contribution in [3.63, 3.8) is 0 Å². The lowest BCUT2D eigenvalue weighted by molar-refractivity contribution is -0.148. The molecule has 0 radical (unpaired) electrons. The SMILES string of the molecule is CCOC(=O)C(C)CCC1(CO)CCN(Cc2ccc3c(c2)NC(C)=C(C)S3)CC1. The number of hydrogen-bond acceptors (Lipinski definition) is 6. The van der Waals surface area contributed by atoms with Gasteiger partial charge in [-0.1, -0.05) is 24.8 Å². The number of thioether (sulfide) groups is 1. The van der Waals surface area contributed by atoms with E-state index in [1.165, 1.54) is 26.7 Å². The molecule has 2 N–H and O–H groups in total. The average molecular weight is 433 g/mol. The van der Waals surface area contributed by atoms with E-state index in [0.29, 0.717) is 6.61 Å². The van der Waals surface area contributed by atoms with E-state index >= 15 is 0 Å². The lowest BCUT2D eigenvalue weighted by Gasteiger charge is -2.41. The number of carbonyl (C=O) groups is 1. The predicted molar refractivity (Wildman–Crippen MR) is 123 cm³/mol. The third-order valence-electron chi connectivity index (χ3n) is 6.61. The minimum Gasteiger partial charge on any atom is -0.466 e. The summed E-state index contributed by atoms with van der Waals surface area (Å²) in [6.07, 6.45) is 3.60. The van der Waals surface area contributed by atoms with Crippen LogP contribution in [0.2, 0.25) is 0 Å². The fourth-order valence-electron chi connectivity index (χ4n) is 4.25. The molecule has 0 bridgehead atoms. The molecule has 1 saturated heterocycles. The summed E-state index contributed by atoms with van der Waals surface area (Å²) < 4.78 is 5.13. The Hall–Kier alpha value is -1.50. The Morgan fingerprint density at radius 2 is 2.07 bits per heavy atom. The number of anilines is 1. The molecule has 166 valence electrons. The molecule has 30 heavy (non-hydrogen) atoms. The number of benzene rings is 1. The van der Waals surface area contributed by atoms with Gasteiger partial charge in [0.05, 0.1) is 18.2 Å². The van der Waals surface area contributed by atoms with Crippen LogP contribution in [-0.2, 0) is 16.1 Å². The Labute approximate surface area is 185 Å². The normalized spacial score (nSPS) is 19.8. The number of nitrogens with zero attached hydrogens (tertiary/aromatic N) is 1. The number of piperidine rings is 1. The number of likely N-dealkylation sites (tertiary alicyclic amines) is 1. The Morgan fingerprint density at radius 3 is 2.73 bits per heavy atom. The topological polar surface area (TPSA) is 61.8 Å². The van der Waals surface area contributed by atoms with Crippen LogP contribution in [0.5, 0.6) is 0 Å². The second-order valence-electron chi connectivity index (χ2n) is 8.86. The minimum atomic E-state index is -0.123. The van der Waals surface area contributed by atoms with Crippen molar-refractivity contribution in [2.75, 3.05) is 31.6 Å². The molecule has 2 aliphatic heterocycles. The van der Waals surface area contributed by atoms with Gasteiger partial charge in [-0.15, -0.1) is 0 Å². The van der Waals surface area contributed by atoms with Crippen LogP contribution in [0.15, 0.2) is 33.7 Å². The smallest absolute Gasteiger partial charge is 0.308 e. The summed E-state index contributed by atoms with van der Waals surface area (Å²) in [6, 6.07) is 6.72. The summed E-state index contributed by atoms with van der Waals surface area (Å²) in [4.78, 5) is 17.0. The first-order valence-corrected chi connectivity index (χ1v) is 11.9. The average Bonchev–Trinajstić information content (AvgIpc) is 2.74. The summed E-state index contributed by atoms with van der Waals surface area (Å²) in [5.41, 5.74) is 3.69. The van der Waals surface area contributed by atoms with Gasteiger partial charge in [0.2, 0.25) is 0 Å². The molecule has 1 atom stereocenters. The first kappa shape index (κ1) is 23.2. The van der Waals surface area contributed by atoms with Gasteiger partial charge in [0, 0.05) is 28.6 Å². The van der Waals surface area contributed by atoms with Crippen molar-refractivity contribution < 1.29 is 14.6 Å². The number of aliphatic hydroxyl groups is 1. The van der Waals surface area contributed by atoms with Crippen LogP contribution < -0.4 is 5.32 Å². The van der Waals surface area contributed by atoms with Gasteiger partial charge in [-0.05, 0) is 82.7 Å². The number of esters is 1. The highest BCUT2D eigenvalue weighted by molar-refractivity contribution is 8.03. The molecule has 1 fully saturated rings. The van der Waals surface area contributed by atoms with Gasteiger partial charge in [-0.25, -0.2) is 0 Å². The molecule has 1 aromatic rings. The Balaban J connectivity index is 1.53. The third-order valence-corrected chi connectivity index (χ3v) is 7.80. The standard InChI is InChI=1S/C24H36N2O3S/c1-5-29-23(28)17(2)8-9-24(16-27)10-12-26(13-11-24)15-20-6-7-22-21(14-20)25-18(3)19(4)30-22/h6-7,14,17,25,27H,5,8-13,15-16H2,1-4H3. The highest BCUT2D eigenvalue weighted by atomic mass is 32.2. The van der Waals surface area contributed by atoms with Crippen LogP contribution in [0.1, 0.15) is 58.9 Å². The number of aliphatic hydroxyl groups excluding tert-OH is 1. The lowest BCUT2D eigenvalue weighted by atomic mass is 9.74. The third kappa shape index (κ3) is 5.59. The molecule has 1 unspecified atom stereocenters. The highest BCUT2D eigenvalue weighted by Gasteiger charge is 2.34. The van der Waals surface area contributed by atoms with Crippen LogP contribution in [-0.4, -0.2) is 42.3 Å². The van der Waals surface area contributed by atoms with Gasteiger partial charge in [-0.2, -0.15) is 0 Å². The van der Waals surface area contributed by atoms with Crippen molar-refractivity contribution in [1.29, 1.82) is 0 Å². The maximum Gasteiger partial charge on any atom is 0.308 e. The minimum absolute atomic E-state index is 0.0647. The monoisotopic (exact) mass is 432 g/mol. The van der Waals surface area contributed by atoms with Crippen molar-refractivity contribution in [3.8, 4) is 0 Å². The van der Waals surface area contributed by atoms with E-state index in [9.17, 15) is 9.90 Å². The van der Waals surface area contributed by atoms with Crippen LogP contribution in [0, 0.1) is 11.3 Å². The van der Waals surface area contributed by atoms with Crippen molar-refractivity contribution in [2.45, 2.75) is 64.8 Å². The number of allylic oxidation sites excluding steroid dienone is 2. The van der Waals surface area contributed by atoms with Gasteiger partial charge in [0.25, 0.3) is 0 Å². The number of carbonyl (C=O) groups excluding carboxylic acids is 1. The van der Waals surface area contributed by atoms with Gasteiger partial charge in [0.1, 0.15) is 0 Å². The molecular weight excluding hydrogens is 396 g/mol. The molecule has 0 aromatic heterocycles. The largest absolute Gasteiger partial charge is 0.466 e. The van der Waals surface area contributed by atoms with Crippen molar-refractivity contribution in [1.82, 2.24) is 4.90 Å². The summed E-state index contributed by atoms with van der Waals surface area (Å²) in [5.74, 6) is -0.226. The van der Waals surface area contributed by atoms with Gasteiger partial charge < -0.3 is 15.2 Å². The molecule has 0 saturated carbocycles. The van der Waals surface area contributed by atoms with E-state index in [1.807, 2.05) is 25.6 Å². The molecule has 2 aliphatic rings. The molecule has 0 amide bonds. The van der Waals surface area contributed by atoms with Crippen LogP contribution in [0.4, 0.5) is 5.69 Å². The first-order valence-electron chi connectivity index (χ1n) is 11.1. The maximum atomic E-state index is 11.9. The Morgan fingerprint density at radius 1 is 1.33 bits per heavy atom. The van der Waals surface area contributed by atoms with Gasteiger partial charge in [0.15, 0.2) is 0 Å². The number of rotatable bonds is 8. The fourth-order valence-corrected chi connectivity index (χ4v) is 5.14. The second kappa shape index (κ2) is 10.2. The van der Waals surface area contributed by atoms with E-state index in [-0.39, 0.29) is 23.9 Å². The van der Waals surface area contributed by atoms with Crippen LogP contribution in [0.3, 0.4) is 0 Å². The Bertz CT molecular complexity index is 785. The molecular formula is C24H36N2O3S. The lowest BCUT2D eigenvalue weighted by Crippen LogP contribution is -2.42. The maximum absolute atomic E-state index is 11.9. The molecule has 0 aliphatic carbocycles. The molecule has 1 aromatic carbocycles. The van der Waals surface area contributed by atoms with E-state index in [1.54, 1.807) is 0 Å². The van der Waals surface area contributed by atoms with Crippen molar-refractivity contribution in [2.24, 2.45) is 11.3 Å². The summed E-state index contributed by atoms with van der Waals surface area (Å²) >= 11 is 1.83. The molecule has 0 spiro atoms.